The maximum atomic E-state index is 15.4. The molecule has 6 heteroatoms. The van der Waals surface area contributed by atoms with Gasteiger partial charge in [-0.1, -0.05) is 32.4 Å². The Morgan fingerprint density at radius 3 is 2.21 bits per heavy atom. The first-order valence-electron chi connectivity index (χ1n) is 14.1. The van der Waals surface area contributed by atoms with E-state index in [4.69, 9.17) is 9.47 Å². The lowest BCUT2D eigenvalue weighted by Crippen LogP contribution is -2.16. The van der Waals surface area contributed by atoms with Crippen LogP contribution in [0.3, 0.4) is 0 Å². The van der Waals surface area contributed by atoms with E-state index < -0.39 is 23.3 Å². The monoisotopic (exact) mass is 528 g/mol. The fraction of sp³-hybridized carbons (Fsp3) is 0.500. The summed E-state index contributed by atoms with van der Waals surface area (Å²) in [6, 6.07) is 3.10. The molecule has 204 valence electrons. The third kappa shape index (κ3) is 5.23. The molecule has 2 aromatic carbocycles. The van der Waals surface area contributed by atoms with E-state index in [0.29, 0.717) is 29.0 Å². The van der Waals surface area contributed by atoms with Gasteiger partial charge in [0, 0.05) is 11.1 Å². The summed E-state index contributed by atoms with van der Waals surface area (Å²) in [5.74, 6) is -4.24. The van der Waals surface area contributed by atoms with Gasteiger partial charge in [-0.25, -0.2) is 13.2 Å². The molecule has 0 spiro atoms. The summed E-state index contributed by atoms with van der Waals surface area (Å²) >= 11 is 0. The molecule has 0 N–H and O–H groups in total. The predicted octanol–water partition coefficient (Wildman–Crippen LogP) is 9.30. The Labute approximate surface area is 222 Å². The van der Waals surface area contributed by atoms with Crippen LogP contribution in [0.25, 0.3) is 11.1 Å². The lowest BCUT2D eigenvalue weighted by molar-refractivity contribution is 0.157. The van der Waals surface area contributed by atoms with Crippen LogP contribution < -0.4 is 4.74 Å². The van der Waals surface area contributed by atoms with Gasteiger partial charge in [0.15, 0.2) is 23.2 Å². The Bertz CT molecular complexity index is 1240. The van der Waals surface area contributed by atoms with E-state index in [1.54, 1.807) is 6.07 Å². The lowest BCUT2D eigenvalue weighted by Gasteiger charge is -2.28. The Kier molecular flexibility index (Phi) is 8.15. The van der Waals surface area contributed by atoms with Crippen LogP contribution in [0.2, 0.25) is 0 Å². The van der Waals surface area contributed by atoms with Crippen LogP contribution in [0.5, 0.6) is 5.75 Å². The lowest BCUT2D eigenvalue weighted by atomic mass is 9.77. The van der Waals surface area contributed by atoms with E-state index >= 15 is 8.78 Å². The number of hydrogen-bond acceptors (Lipinski definition) is 2. The van der Waals surface area contributed by atoms with Gasteiger partial charge in [0.2, 0.25) is 5.82 Å². The zero-order valence-corrected chi connectivity index (χ0v) is 22.2. The standard InChI is InChI=1S/C32H36F4O2/c1-3-5-20-9-13-24(38-18-20)12-8-19-6-10-21(11-7-19)25-16-22-15-23-17-26(37-14-4-2)30(34)32(36)28(23)27(22)31(35)29(25)33/h8,12,16-19,21,24H,3-7,9-11,13-15H2,1-2H3/b12-8+. The van der Waals surface area contributed by atoms with Gasteiger partial charge in [-0.3, -0.25) is 0 Å². The van der Waals surface area contributed by atoms with Crippen molar-refractivity contribution in [2.45, 2.75) is 90.1 Å². The third-order valence-electron chi connectivity index (χ3n) is 8.20. The molecule has 1 heterocycles. The summed E-state index contributed by atoms with van der Waals surface area (Å²) < 4.78 is 71.5. The minimum atomic E-state index is -1.18. The van der Waals surface area contributed by atoms with Gasteiger partial charge in [-0.05, 0) is 104 Å². The molecule has 0 aromatic heterocycles. The van der Waals surface area contributed by atoms with E-state index in [-0.39, 0.29) is 41.9 Å². The van der Waals surface area contributed by atoms with Crippen molar-refractivity contribution in [2.75, 3.05) is 6.61 Å². The first-order chi connectivity index (χ1) is 18.4. The zero-order chi connectivity index (χ0) is 26.8. The highest BCUT2D eigenvalue weighted by molar-refractivity contribution is 5.79. The number of fused-ring (bicyclic) bond motifs is 3. The number of allylic oxidation sites excluding steroid dienone is 2. The van der Waals surface area contributed by atoms with E-state index in [9.17, 15) is 8.78 Å². The number of hydrogen-bond donors (Lipinski definition) is 0. The highest BCUT2D eigenvalue weighted by atomic mass is 19.2. The van der Waals surface area contributed by atoms with Gasteiger partial charge in [-0.15, -0.1) is 0 Å². The minimum Gasteiger partial charge on any atom is -0.494 e. The summed E-state index contributed by atoms with van der Waals surface area (Å²) in [6.45, 7) is 4.29. The summed E-state index contributed by atoms with van der Waals surface area (Å²) in [5.41, 5.74) is 2.33. The minimum absolute atomic E-state index is 0.0985. The predicted molar refractivity (Wildman–Crippen MR) is 141 cm³/mol. The van der Waals surface area contributed by atoms with Crippen molar-refractivity contribution in [3.8, 4) is 16.9 Å². The molecule has 1 fully saturated rings. The van der Waals surface area contributed by atoms with E-state index in [1.807, 2.05) is 13.2 Å². The topological polar surface area (TPSA) is 18.5 Å². The van der Waals surface area contributed by atoms with Crippen molar-refractivity contribution in [3.63, 3.8) is 0 Å². The highest BCUT2D eigenvalue weighted by Gasteiger charge is 2.34. The van der Waals surface area contributed by atoms with E-state index in [0.717, 1.165) is 51.4 Å². The molecule has 2 nitrogen and oxygen atoms in total. The van der Waals surface area contributed by atoms with Gasteiger partial charge in [0.05, 0.1) is 12.9 Å². The number of rotatable bonds is 8. The Balaban J connectivity index is 1.28. The van der Waals surface area contributed by atoms with Crippen LogP contribution >= 0.6 is 0 Å². The Morgan fingerprint density at radius 2 is 1.55 bits per heavy atom. The zero-order valence-electron chi connectivity index (χ0n) is 22.2. The van der Waals surface area contributed by atoms with Crippen molar-refractivity contribution in [1.82, 2.24) is 0 Å². The second-order valence-electron chi connectivity index (χ2n) is 10.9. The van der Waals surface area contributed by atoms with Crippen molar-refractivity contribution in [1.29, 1.82) is 0 Å². The van der Waals surface area contributed by atoms with Gasteiger partial charge >= 0.3 is 0 Å². The molecular weight excluding hydrogens is 492 g/mol. The van der Waals surface area contributed by atoms with Gasteiger partial charge in [0.25, 0.3) is 0 Å². The molecule has 2 aliphatic carbocycles. The summed E-state index contributed by atoms with van der Waals surface area (Å²) in [5, 5.41) is 0. The van der Waals surface area contributed by atoms with Crippen LogP contribution in [0.15, 0.2) is 36.1 Å². The Hall–Kier alpha value is -2.76. The fourth-order valence-electron chi connectivity index (χ4n) is 6.18. The van der Waals surface area contributed by atoms with Gasteiger partial charge < -0.3 is 9.47 Å². The van der Waals surface area contributed by atoms with Gasteiger partial charge in [-0.2, -0.15) is 4.39 Å². The molecule has 1 atom stereocenters. The maximum Gasteiger partial charge on any atom is 0.201 e. The normalized spacial score (nSPS) is 22.7. The third-order valence-corrected chi connectivity index (χ3v) is 8.20. The first-order valence-corrected chi connectivity index (χ1v) is 14.1. The molecule has 5 rings (SSSR count). The van der Waals surface area contributed by atoms with Crippen molar-refractivity contribution in [3.05, 3.63) is 76.1 Å². The average Bonchev–Trinajstić information content (AvgIpc) is 3.30. The molecule has 38 heavy (non-hydrogen) atoms. The van der Waals surface area contributed by atoms with E-state index in [2.05, 4.69) is 19.1 Å². The second-order valence-corrected chi connectivity index (χ2v) is 10.9. The molecule has 0 amide bonds. The molecule has 0 radical (unpaired) electrons. The van der Waals surface area contributed by atoms with Crippen LogP contribution in [-0.4, -0.2) is 12.7 Å². The fourth-order valence-corrected chi connectivity index (χ4v) is 6.18. The number of halogens is 4. The quantitative estimate of drug-likeness (QED) is 0.214. The van der Waals surface area contributed by atoms with Gasteiger partial charge in [0.1, 0.15) is 6.10 Å². The highest BCUT2D eigenvalue weighted by Crippen LogP contribution is 2.47. The smallest absolute Gasteiger partial charge is 0.201 e. The molecule has 2 aromatic rings. The summed E-state index contributed by atoms with van der Waals surface area (Å²) in [7, 11) is 0. The summed E-state index contributed by atoms with van der Waals surface area (Å²) in [4.78, 5) is 0. The maximum absolute atomic E-state index is 15.4. The van der Waals surface area contributed by atoms with Crippen molar-refractivity contribution >= 4 is 0 Å². The molecule has 1 saturated carbocycles. The Morgan fingerprint density at radius 1 is 0.842 bits per heavy atom. The molecule has 0 saturated heterocycles. The molecule has 0 bridgehead atoms. The first kappa shape index (κ1) is 26.8. The van der Waals surface area contributed by atoms with Crippen LogP contribution in [-0.2, 0) is 11.2 Å². The largest absolute Gasteiger partial charge is 0.494 e. The molecule has 3 aliphatic rings. The van der Waals surface area contributed by atoms with Crippen molar-refractivity contribution in [2.24, 2.45) is 5.92 Å². The second kappa shape index (κ2) is 11.5. The molecule has 1 unspecified atom stereocenters. The average molecular weight is 529 g/mol. The number of benzene rings is 2. The van der Waals surface area contributed by atoms with Crippen LogP contribution in [0.4, 0.5) is 17.6 Å². The molecule has 1 aliphatic heterocycles. The van der Waals surface area contributed by atoms with Crippen molar-refractivity contribution < 1.29 is 27.0 Å². The SMILES string of the molecule is CCCOc1cc2c(c(F)c1F)-c1c(cc(C3CCC(/C=C/C4CCC(CCC)=CO4)CC3)c(F)c1F)C2. The number of ether oxygens (including phenoxy) is 2. The van der Waals surface area contributed by atoms with E-state index in [1.165, 1.54) is 11.6 Å². The molecular formula is C32H36F4O2. The van der Waals surface area contributed by atoms with Crippen LogP contribution in [0, 0.1) is 29.2 Å². The van der Waals surface area contributed by atoms with Crippen LogP contribution in [0.1, 0.15) is 94.2 Å². The summed E-state index contributed by atoms with van der Waals surface area (Å²) in [6.07, 6.45) is 14.9.